The zero-order valence-electron chi connectivity index (χ0n) is 10.7. The zero-order chi connectivity index (χ0) is 14.6. The van der Waals surface area contributed by atoms with Gasteiger partial charge in [-0.3, -0.25) is 0 Å². The number of hydrogen-bond donors (Lipinski definition) is 1. The molecule has 1 N–H and O–H groups in total. The fraction of sp³-hybridized carbons (Fsp3) is 0.200. The maximum Gasteiger partial charge on any atom is 0.120 e. The lowest BCUT2D eigenvalue weighted by molar-refractivity contribution is 0.0616. The van der Waals surface area contributed by atoms with Crippen LogP contribution in [-0.2, 0) is 5.60 Å². The predicted molar refractivity (Wildman–Crippen MR) is 80.8 cm³/mol. The summed E-state index contributed by atoms with van der Waals surface area (Å²) in [5.41, 5.74) is -0.138. The number of alkyl halides is 2. The van der Waals surface area contributed by atoms with Crippen molar-refractivity contribution in [2.24, 2.45) is 0 Å². The highest BCUT2D eigenvalue weighted by Gasteiger charge is 2.41. The summed E-state index contributed by atoms with van der Waals surface area (Å²) >= 11 is 12.2. The van der Waals surface area contributed by atoms with E-state index < -0.39 is 16.4 Å². The van der Waals surface area contributed by atoms with Crippen LogP contribution in [0.25, 0.3) is 0 Å². The number of hydrogen-bond acceptors (Lipinski definition) is 3. The van der Waals surface area contributed by atoms with Crippen molar-refractivity contribution in [3.8, 4) is 0 Å². The van der Waals surface area contributed by atoms with E-state index >= 15 is 0 Å². The van der Waals surface area contributed by atoms with Crippen LogP contribution in [0.4, 0.5) is 0 Å². The topological polar surface area (TPSA) is 46.0 Å². The molecule has 1 aromatic carbocycles. The van der Waals surface area contributed by atoms with Crippen LogP contribution >= 0.6 is 23.2 Å². The number of benzene rings is 1. The standard InChI is InChI=1S/C15H14Cl2N2O/c1-2-15(20,12-8-18-10-19-9-12)13(14(16)17)11-6-4-3-5-7-11/h2-10,13-14,20H,1H2. The molecule has 3 nitrogen and oxygen atoms in total. The van der Waals surface area contributed by atoms with E-state index in [2.05, 4.69) is 16.5 Å². The molecule has 1 aromatic heterocycles. The van der Waals surface area contributed by atoms with Crippen molar-refractivity contribution in [2.45, 2.75) is 16.4 Å². The van der Waals surface area contributed by atoms with Gasteiger partial charge in [0.25, 0.3) is 0 Å². The molecule has 0 spiro atoms. The van der Waals surface area contributed by atoms with Crippen LogP contribution in [0.1, 0.15) is 17.0 Å². The van der Waals surface area contributed by atoms with Crippen molar-refractivity contribution in [3.05, 3.63) is 72.8 Å². The van der Waals surface area contributed by atoms with Gasteiger partial charge in [0.1, 0.15) is 16.8 Å². The fourth-order valence-corrected chi connectivity index (χ4v) is 2.86. The van der Waals surface area contributed by atoms with Crippen LogP contribution in [0.15, 0.2) is 61.7 Å². The van der Waals surface area contributed by atoms with E-state index in [1.54, 1.807) is 0 Å². The largest absolute Gasteiger partial charge is 0.380 e. The molecule has 0 amide bonds. The Kier molecular flexibility index (Phi) is 4.76. The molecule has 20 heavy (non-hydrogen) atoms. The smallest absolute Gasteiger partial charge is 0.120 e. The highest BCUT2D eigenvalue weighted by atomic mass is 35.5. The third-order valence-electron chi connectivity index (χ3n) is 3.22. The quantitative estimate of drug-likeness (QED) is 0.680. The molecule has 0 aliphatic carbocycles. The Labute approximate surface area is 127 Å². The van der Waals surface area contributed by atoms with Crippen LogP contribution in [-0.4, -0.2) is 19.9 Å². The van der Waals surface area contributed by atoms with Gasteiger partial charge in [0, 0.05) is 18.0 Å². The third kappa shape index (κ3) is 2.85. The van der Waals surface area contributed by atoms with E-state index in [4.69, 9.17) is 23.2 Å². The maximum absolute atomic E-state index is 11.0. The molecule has 0 aliphatic rings. The maximum atomic E-state index is 11.0. The van der Waals surface area contributed by atoms with Gasteiger partial charge in [0.15, 0.2) is 0 Å². The lowest BCUT2D eigenvalue weighted by atomic mass is 9.79. The minimum absolute atomic E-state index is 0.496. The van der Waals surface area contributed by atoms with Crippen molar-refractivity contribution in [2.75, 3.05) is 0 Å². The number of halogens is 2. The molecule has 0 radical (unpaired) electrons. The molecule has 2 rings (SSSR count). The summed E-state index contributed by atoms with van der Waals surface area (Å²) in [6.45, 7) is 3.72. The number of aliphatic hydroxyl groups is 1. The van der Waals surface area contributed by atoms with Gasteiger partial charge in [-0.25, -0.2) is 9.97 Å². The van der Waals surface area contributed by atoms with Crippen molar-refractivity contribution in [1.29, 1.82) is 0 Å². The molecule has 5 heteroatoms. The van der Waals surface area contributed by atoms with Crippen LogP contribution < -0.4 is 0 Å². The van der Waals surface area contributed by atoms with E-state index in [1.807, 2.05) is 30.3 Å². The molecule has 2 unspecified atom stereocenters. The Balaban J connectivity index is 2.54. The normalized spacial score (nSPS) is 15.6. The number of rotatable bonds is 5. The minimum atomic E-state index is -1.45. The monoisotopic (exact) mass is 308 g/mol. The summed E-state index contributed by atoms with van der Waals surface area (Å²) < 4.78 is 0. The van der Waals surface area contributed by atoms with Gasteiger partial charge in [-0.1, -0.05) is 43.0 Å². The predicted octanol–water partition coefficient (Wildman–Crippen LogP) is 3.44. The van der Waals surface area contributed by atoms with Gasteiger partial charge in [-0.05, 0) is 5.56 Å². The molecule has 2 atom stereocenters. The Morgan fingerprint density at radius 2 is 1.75 bits per heavy atom. The van der Waals surface area contributed by atoms with Gasteiger partial charge >= 0.3 is 0 Å². The highest BCUT2D eigenvalue weighted by Crippen LogP contribution is 2.43. The van der Waals surface area contributed by atoms with Crippen LogP contribution in [0.2, 0.25) is 0 Å². The second kappa shape index (κ2) is 6.35. The van der Waals surface area contributed by atoms with Gasteiger partial charge in [-0.15, -0.1) is 23.2 Å². The van der Waals surface area contributed by atoms with Crippen LogP contribution in [0.5, 0.6) is 0 Å². The summed E-state index contributed by atoms with van der Waals surface area (Å²) in [5.74, 6) is -0.574. The van der Waals surface area contributed by atoms with Crippen molar-refractivity contribution in [3.63, 3.8) is 0 Å². The van der Waals surface area contributed by atoms with E-state index in [-0.39, 0.29) is 0 Å². The second-order valence-electron chi connectivity index (χ2n) is 4.38. The summed E-state index contributed by atoms with van der Waals surface area (Å²) in [4.78, 5) is 7.04. The fourth-order valence-electron chi connectivity index (χ4n) is 2.18. The Morgan fingerprint density at radius 1 is 1.15 bits per heavy atom. The molecular formula is C15H14Cl2N2O. The summed E-state index contributed by atoms with van der Waals surface area (Å²) in [7, 11) is 0. The van der Waals surface area contributed by atoms with Crippen molar-refractivity contribution in [1.82, 2.24) is 9.97 Å². The number of nitrogens with zero attached hydrogens (tertiary/aromatic N) is 2. The average molecular weight is 309 g/mol. The number of aromatic nitrogens is 2. The molecule has 104 valence electrons. The first kappa shape index (κ1) is 15.0. The molecule has 2 aromatic rings. The molecule has 0 fully saturated rings. The van der Waals surface area contributed by atoms with Gasteiger partial charge in [-0.2, -0.15) is 0 Å². The molecule has 0 saturated carbocycles. The van der Waals surface area contributed by atoms with E-state index in [0.717, 1.165) is 5.56 Å². The van der Waals surface area contributed by atoms with E-state index in [9.17, 15) is 5.11 Å². The van der Waals surface area contributed by atoms with Crippen molar-refractivity contribution < 1.29 is 5.11 Å². The molecule has 0 aliphatic heterocycles. The average Bonchev–Trinajstić information content (AvgIpc) is 2.49. The zero-order valence-corrected chi connectivity index (χ0v) is 12.2. The van der Waals surface area contributed by atoms with E-state index in [0.29, 0.717) is 5.56 Å². The Hall–Kier alpha value is -1.42. The lowest BCUT2D eigenvalue weighted by Gasteiger charge is -2.34. The first-order valence-corrected chi connectivity index (χ1v) is 6.91. The molecule has 0 saturated heterocycles. The summed E-state index contributed by atoms with van der Waals surface area (Å²) in [6.07, 6.45) is 5.87. The summed E-state index contributed by atoms with van der Waals surface area (Å²) in [5, 5.41) is 11.0. The van der Waals surface area contributed by atoms with Gasteiger partial charge in [0.05, 0.1) is 5.92 Å². The highest BCUT2D eigenvalue weighted by molar-refractivity contribution is 6.44. The lowest BCUT2D eigenvalue weighted by Crippen LogP contribution is -2.35. The molecule has 1 heterocycles. The summed E-state index contributed by atoms with van der Waals surface area (Å²) in [6, 6.07) is 9.34. The van der Waals surface area contributed by atoms with Gasteiger partial charge < -0.3 is 5.11 Å². The first-order chi connectivity index (χ1) is 9.59. The SMILES string of the molecule is C=CC(O)(c1cncnc1)C(c1ccccc1)C(Cl)Cl. The van der Waals surface area contributed by atoms with Gasteiger partial charge in [0.2, 0.25) is 0 Å². The molecular weight excluding hydrogens is 295 g/mol. The van der Waals surface area contributed by atoms with Crippen LogP contribution in [0, 0.1) is 0 Å². The first-order valence-electron chi connectivity index (χ1n) is 6.04. The van der Waals surface area contributed by atoms with E-state index in [1.165, 1.54) is 24.8 Å². The second-order valence-corrected chi connectivity index (χ2v) is 5.54. The Bertz CT molecular complexity index is 563. The minimum Gasteiger partial charge on any atom is -0.380 e. The Morgan fingerprint density at radius 3 is 2.25 bits per heavy atom. The van der Waals surface area contributed by atoms with Crippen LogP contribution in [0.3, 0.4) is 0 Å². The molecule has 0 bridgehead atoms. The third-order valence-corrected chi connectivity index (χ3v) is 3.72. The van der Waals surface area contributed by atoms with Crippen molar-refractivity contribution >= 4 is 23.2 Å².